The molecule has 0 N–H and O–H groups in total. The average Bonchev–Trinajstić information content (AvgIpc) is 2.72. The molecule has 0 aromatic heterocycles. The first-order valence-corrected chi connectivity index (χ1v) is 11.1. The lowest BCUT2D eigenvalue weighted by molar-refractivity contribution is 0.0474. The number of hydrogen-bond acceptors (Lipinski definition) is 5. The zero-order valence-corrected chi connectivity index (χ0v) is 18.1. The molecule has 0 amide bonds. The van der Waals surface area contributed by atoms with Crippen LogP contribution < -0.4 is 0 Å². The number of benzene rings is 2. The van der Waals surface area contributed by atoms with E-state index in [1.54, 1.807) is 39.0 Å². The maximum atomic E-state index is 12.8. The van der Waals surface area contributed by atoms with Crippen molar-refractivity contribution in [1.29, 1.82) is 0 Å². The Labute approximate surface area is 172 Å². The number of Topliss-reactive ketones (excluding diaryl/α,β-unsaturated/α-hetero) is 1. The molecule has 0 heterocycles. The minimum atomic E-state index is -3.71. The smallest absolute Gasteiger partial charge is 0.338 e. The highest BCUT2D eigenvalue weighted by Gasteiger charge is 2.25. The Morgan fingerprint density at radius 1 is 0.931 bits per heavy atom. The van der Waals surface area contributed by atoms with Crippen molar-refractivity contribution in [3.05, 3.63) is 64.7 Å². The quantitative estimate of drug-likeness (QED) is 0.460. The minimum Gasteiger partial charge on any atom is -0.454 e. The summed E-state index contributed by atoms with van der Waals surface area (Å²) in [6.45, 7) is 7.47. The van der Waals surface area contributed by atoms with E-state index in [1.165, 1.54) is 16.4 Å². The van der Waals surface area contributed by atoms with E-state index in [1.807, 2.05) is 19.1 Å². The van der Waals surface area contributed by atoms with Crippen LogP contribution in [-0.4, -0.2) is 44.2 Å². The predicted octanol–water partition coefficient (Wildman–Crippen LogP) is 3.63. The summed E-state index contributed by atoms with van der Waals surface area (Å²) in [6.07, 6.45) is 0.871. The number of sulfonamides is 1. The molecule has 6 nitrogen and oxygen atoms in total. The molecule has 156 valence electrons. The van der Waals surface area contributed by atoms with Gasteiger partial charge in [0.05, 0.1) is 10.5 Å². The Balaban J connectivity index is 2.16. The van der Waals surface area contributed by atoms with E-state index >= 15 is 0 Å². The summed E-state index contributed by atoms with van der Waals surface area (Å²) < 4.78 is 32.1. The SMILES string of the molecule is CCc1ccc(C(=O)COC(=O)c2ccc(C)c(S(=O)(=O)N(CC)CC)c2)cc1. The number of carbonyl (C=O) groups excluding carboxylic acids is 2. The molecule has 0 bridgehead atoms. The van der Waals surface area contributed by atoms with Crippen molar-refractivity contribution >= 4 is 21.8 Å². The van der Waals surface area contributed by atoms with Crippen molar-refractivity contribution in [3.63, 3.8) is 0 Å². The molecule has 0 saturated carbocycles. The van der Waals surface area contributed by atoms with Gasteiger partial charge in [-0.15, -0.1) is 0 Å². The Morgan fingerprint density at radius 2 is 1.52 bits per heavy atom. The summed E-state index contributed by atoms with van der Waals surface area (Å²) in [4.78, 5) is 24.7. The number of carbonyl (C=O) groups is 2. The van der Waals surface area contributed by atoms with Crippen LogP contribution in [0.3, 0.4) is 0 Å². The minimum absolute atomic E-state index is 0.0668. The van der Waals surface area contributed by atoms with Gasteiger partial charge in [0.2, 0.25) is 10.0 Å². The van der Waals surface area contributed by atoms with Crippen molar-refractivity contribution in [1.82, 2.24) is 4.31 Å². The van der Waals surface area contributed by atoms with Crippen LogP contribution in [0.2, 0.25) is 0 Å². The molecule has 29 heavy (non-hydrogen) atoms. The van der Waals surface area contributed by atoms with Crippen molar-refractivity contribution in [3.8, 4) is 0 Å². The van der Waals surface area contributed by atoms with Crippen LogP contribution in [0.1, 0.15) is 52.6 Å². The predicted molar refractivity (Wildman–Crippen MR) is 112 cm³/mol. The fraction of sp³-hybridized carbons (Fsp3) is 0.364. The van der Waals surface area contributed by atoms with E-state index in [2.05, 4.69) is 0 Å². The number of ketones is 1. The number of nitrogens with zero attached hydrogens (tertiary/aromatic N) is 1. The summed E-state index contributed by atoms with van der Waals surface area (Å²) in [5.74, 6) is -1.05. The van der Waals surface area contributed by atoms with Gasteiger partial charge in [-0.25, -0.2) is 13.2 Å². The van der Waals surface area contributed by atoms with E-state index in [-0.39, 0.29) is 16.2 Å². The van der Waals surface area contributed by atoms with Crippen LogP contribution in [0.15, 0.2) is 47.4 Å². The lowest BCUT2D eigenvalue weighted by atomic mass is 10.1. The van der Waals surface area contributed by atoms with Crippen LogP contribution >= 0.6 is 0 Å². The molecule has 7 heteroatoms. The second-order valence-corrected chi connectivity index (χ2v) is 8.53. The Bertz CT molecular complexity index is 977. The summed E-state index contributed by atoms with van der Waals surface area (Å²) in [5.41, 5.74) is 2.21. The van der Waals surface area contributed by atoms with Crippen molar-refractivity contribution in [2.45, 2.75) is 39.0 Å². The molecule has 0 aliphatic rings. The Morgan fingerprint density at radius 3 is 2.07 bits per heavy atom. The lowest BCUT2D eigenvalue weighted by Crippen LogP contribution is -2.31. The fourth-order valence-corrected chi connectivity index (χ4v) is 4.64. The summed E-state index contributed by atoms with van der Waals surface area (Å²) in [6, 6.07) is 11.5. The topological polar surface area (TPSA) is 80.8 Å². The van der Waals surface area contributed by atoms with E-state index in [0.717, 1.165) is 12.0 Å². The molecule has 0 aliphatic heterocycles. The third-order valence-corrected chi connectivity index (χ3v) is 6.96. The van der Waals surface area contributed by atoms with Gasteiger partial charge >= 0.3 is 5.97 Å². The van der Waals surface area contributed by atoms with E-state index < -0.39 is 22.6 Å². The first-order valence-electron chi connectivity index (χ1n) is 9.64. The van der Waals surface area contributed by atoms with Crippen LogP contribution in [0, 0.1) is 6.92 Å². The molecule has 0 fully saturated rings. The van der Waals surface area contributed by atoms with Crippen LogP contribution in [0.4, 0.5) is 0 Å². The molecule has 0 aliphatic carbocycles. The van der Waals surface area contributed by atoms with E-state index in [4.69, 9.17) is 4.74 Å². The zero-order chi connectivity index (χ0) is 21.6. The van der Waals surface area contributed by atoms with Crippen molar-refractivity contribution in [2.75, 3.05) is 19.7 Å². The molecule has 0 radical (unpaired) electrons. The molecule has 2 rings (SSSR count). The molecule has 2 aromatic rings. The first-order chi connectivity index (χ1) is 13.7. The third kappa shape index (κ3) is 5.31. The van der Waals surface area contributed by atoms with Crippen LogP contribution in [0.5, 0.6) is 0 Å². The van der Waals surface area contributed by atoms with E-state index in [0.29, 0.717) is 24.2 Å². The molecule has 2 aromatic carbocycles. The van der Waals surface area contributed by atoms with Gasteiger partial charge in [0.1, 0.15) is 0 Å². The number of esters is 1. The van der Waals surface area contributed by atoms with Crippen LogP contribution in [0.25, 0.3) is 0 Å². The molecule has 0 unspecified atom stereocenters. The second-order valence-electron chi connectivity index (χ2n) is 6.62. The molecule has 0 saturated heterocycles. The highest BCUT2D eigenvalue weighted by Crippen LogP contribution is 2.22. The standard InChI is InChI=1S/C22H27NO5S/c1-5-17-9-12-18(13-10-17)20(24)15-28-22(25)19-11-8-16(4)21(14-19)29(26,27)23(6-2)7-3/h8-14H,5-7,15H2,1-4H3. The summed E-state index contributed by atoms with van der Waals surface area (Å²) >= 11 is 0. The van der Waals surface area contributed by atoms with Gasteiger partial charge < -0.3 is 4.74 Å². The fourth-order valence-electron chi connectivity index (χ4n) is 2.93. The van der Waals surface area contributed by atoms with Gasteiger partial charge in [-0.2, -0.15) is 4.31 Å². The molecular weight excluding hydrogens is 390 g/mol. The summed E-state index contributed by atoms with van der Waals surface area (Å²) in [7, 11) is -3.71. The number of ether oxygens (including phenoxy) is 1. The molecule has 0 spiro atoms. The highest BCUT2D eigenvalue weighted by atomic mass is 32.2. The maximum Gasteiger partial charge on any atom is 0.338 e. The molecular formula is C22H27NO5S. The second kappa shape index (κ2) is 9.80. The number of rotatable bonds is 9. The van der Waals surface area contributed by atoms with Gasteiger partial charge in [-0.05, 0) is 36.6 Å². The Hall–Kier alpha value is -2.51. The van der Waals surface area contributed by atoms with E-state index in [9.17, 15) is 18.0 Å². The van der Waals surface area contributed by atoms with Crippen LogP contribution in [-0.2, 0) is 21.2 Å². The zero-order valence-electron chi connectivity index (χ0n) is 17.3. The average molecular weight is 418 g/mol. The monoisotopic (exact) mass is 417 g/mol. The lowest BCUT2D eigenvalue weighted by Gasteiger charge is -2.20. The van der Waals surface area contributed by atoms with Crippen molar-refractivity contribution in [2.24, 2.45) is 0 Å². The Kier molecular flexibility index (Phi) is 7.70. The number of hydrogen-bond donors (Lipinski definition) is 0. The van der Waals surface area contributed by atoms with Gasteiger partial charge in [-0.3, -0.25) is 4.79 Å². The van der Waals surface area contributed by atoms with Crippen molar-refractivity contribution < 1.29 is 22.7 Å². The first kappa shape index (κ1) is 22.8. The normalized spacial score (nSPS) is 11.5. The van der Waals surface area contributed by atoms with Gasteiger partial charge in [-0.1, -0.05) is 51.1 Å². The van der Waals surface area contributed by atoms with Gasteiger partial charge in [0, 0.05) is 18.7 Å². The largest absolute Gasteiger partial charge is 0.454 e. The third-order valence-electron chi connectivity index (χ3n) is 4.77. The van der Waals surface area contributed by atoms with Gasteiger partial charge in [0.25, 0.3) is 0 Å². The van der Waals surface area contributed by atoms with Gasteiger partial charge in [0.15, 0.2) is 12.4 Å². The maximum absolute atomic E-state index is 12.8. The highest BCUT2D eigenvalue weighted by molar-refractivity contribution is 7.89. The molecule has 0 atom stereocenters. The summed E-state index contributed by atoms with van der Waals surface area (Å²) in [5, 5.41) is 0. The number of aryl methyl sites for hydroxylation is 2.